The third kappa shape index (κ3) is 4.81. The summed E-state index contributed by atoms with van der Waals surface area (Å²) >= 11 is 7.52. The zero-order valence-corrected chi connectivity index (χ0v) is 15.2. The Labute approximate surface area is 155 Å². The van der Waals surface area contributed by atoms with Crippen LogP contribution in [-0.4, -0.2) is 18.0 Å². The third-order valence-electron chi connectivity index (χ3n) is 3.61. The first-order valence-electron chi connectivity index (χ1n) is 7.74. The number of aromatic nitrogens is 1. The molecular formula is C19H17ClN2O2S. The number of amides is 1. The van der Waals surface area contributed by atoms with Crippen molar-refractivity contribution in [1.29, 1.82) is 0 Å². The number of hydrogen-bond donors (Lipinski definition) is 1. The van der Waals surface area contributed by atoms with Crippen LogP contribution in [0.5, 0.6) is 5.75 Å². The average molecular weight is 373 g/mol. The van der Waals surface area contributed by atoms with E-state index in [0.29, 0.717) is 11.6 Å². The van der Waals surface area contributed by atoms with Gasteiger partial charge in [0.05, 0.1) is 19.2 Å². The fourth-order valence-corrected chi connectivity index (χ4v) is 3.32. The minimum atomic E-state index is -0.0567. The third-order valence-corrected chi connectivity index (χ3v) is 4.79. The fourth-order valence-electron chi connectivity index (χ4n) is 2.31. The van der Waals surface area contributed by atoms with Crippen LogP contribution in [0.4, 0.5) is 0 Å². The van der Waals surface area contributed by atoms with E-state index >= 15 is 0 Å². The summed E-state index contributed by atoms with van der Waals surface area (Å²) in [5.74, 6) is 0.741. The SMILES string of the molecule is COc1ccc(CNC(=O)Cc2csc(-c3cccc(Cl)c3)n2)cc1. The van der Waals surface area contributed by atoms with E-state index in [2.05, 4.69) is 10.3 Å². The second kappa shape index (κ2) is 8.14. The molecule has 2 aromatic carbocycles. The van der Waals surface area contributed by atoms with E-state index in [0.717, 1.165) is 27.6 Å². The van der Waals surface area contributed by atoms with Gasteiger partial charge in [0.25, 0.3) is 0 Å². The van der Waals surface area contributed by atoms with Gasteiger partial charge in [-0.05, 0) is 29.8 Å². The molecule has 0 aliphatic rings. The van der Waals surface area contributed by atoms with E-state index in [4.69, 9.17) is 16.3 Å². The molecule has 0 unspecified atom stereocenters. The lowest BCUT2D eigenvalue weighted by Gasteiger charge is -2.05. The zero-order chi connectivity index (χ0) is 17.6. The summed E-state index contributed by atoms with van der Waals surface area (Å²) < 4.78 is 5.12. The highest BCUT2D eigenvalue weighted by Crippen LogP contribution is 2.26. The number of carbonyl (C=O) groups excluding carboxylic acids is 1. The molecule has 1 heterocycles. The van der Waals surface area contributed by atoms with Gasteiger partial charge in [0.1, 0.15) is 10.8 Å². The van der Waals surface area contributed by atoms with Gasteiger partial charge in [0, 0.05) is 22.5 Å². The van der Waals surface area contributed by atoms with Crippen molar-refractivity contribution in [2.24, 2.45) is 0 Å². The Hall–Kier alpha value is -2.37. The molecule has 25 heavy (non-hydrogen) atoms. The highest BCUT2D eigenvalue weighted by Gasteiger charge is 2.09. The molecule has 0 fully saturated rings. The second-order valence-corrected chi connectivity index (χ2v) is 6.75. The number of carbonyl (C=O) groups is 1. The maximum atomic E-state index is 12.1. The van der Waals surface area contributed by atoms with Gasteiger partial charge in [-0.1, -0.05) is 35.9 Å². The fraction of sp³-hybridized carbons (Fsp3) is 0.158. The van der Waals surface area contributed by atoms with Crippen molar-refractivity contribution in [2.45, 2.75) is 13.0 Å². The first-order valence-corrected chi connectivity index (χ1v) is 9.00. The Morgan fingerprint density at radius 3 is 2.76 bits per heavy atom. The summed E-state index contributed by atoms with van der Waals surface area (Å²) in [4.78, 5) is 16.6. The number of ether oxygens (including phenoxy) is 1. The monoisotopic (exact) mass is 372 g/mol. The van der Waals surface area contributed by atoms with Crippen molar-refractivity contribution in [3.8, 4) is 16.3 Å². The van der Waals surface area contributed by atoms with Gasteiger partial charge >= 0.3 is 0 Å². The quantitative estimate of drug-likeness (QED) is 0.700. The molecule has 3 aromatic rings. The van der Waals surface area contributed by atoms with Crippen molar-refractivity contribution in [3.63, 3.8) is 0 Å². The Bertz CT molecular complexity index is 862. The number of rotatable bonds is 6. The molecule has 4 nitrogen and oxygen atoms in total. The largest absolute Gasteiger partial charge is 0.497 e. The van der Waals surface area contributed by atoms with E-state index in [-0.39, 0.29) is 12.3 Å². The molecule has 0 atom stereocenters. The predicted octanol–water partition coefficient (Wildman–Crippen LogP) is 4.33. The second-order valence-electron chi connectivity index (χ2n) is 5.46. The lowest BCUT2D eigenvalue weighted by molar-refractivity contribution is -0.120. The summed E-state index contributed by atoms with van der Waals surface area (Å²) in [5.41, 5.74) is 2.74. The highest BCUT2D eigenvalue weighted by molar-refractivity contribution is 7.13. The molecule has 3 rings (SSSR count). The normalized spacial score (nSPS) is 10.5. The van der Waals surface area contributed by atoms with Crippen LogP contribution in [0.3, 0.4) is 0 Å². The van der Waals surface area contributed by atoms with Crippen LogP contribution in [0.1, 0.15) is 11.3 Å². The van der Waals surface area contributed by atoms with Gasteiger partial charge in [-0.2, -0.15) is 0 Å². The van der Waals surface area contributed by atoms with Crippen molar-refractivity contribution >= 4 is 28.8 Å². The lowest BCUT2D eigenvalue weighted by atomic mass is 10.2. The molecule has 0 aliphatic heterocycles. The average Bonchev–Trinajstić information content (AvgIpc) is 3.09. The molecule has 1 N–H and O–H groups in total. The highest BCUT2D eigenvalue weighted by atomic mass is 35.5. The van der Waals surface area contributed by atoms with Crippen molar-refractivity contribution in [2.75, 3.05) is 7.11 Å². The molecule has 1 aromatic heterocycles. The molecule has 0 spiro atoms. The maximum Gasteiger partial charge on any atom is 0.226 e. The molecule has 0 saturated carbocycles. The summed E-state index contributed by atoms with van der Waals surface area (Å²) in [7, 11) is 1.63. The first kappa shape index (κ1) is 17.5. The Balaban J connectivity index is 1.56. The van der Waals surface area contributed by atoms with Crippen molar-refractivity contribution in [3.05, 3.63) is 70.2 Å². The number of nitrogens with zero attached hydrogens (tertiary/aromatic N) is 1. The number of thiazole rings is 1. The number of methoxy groups -OCH3 is 1. The summed E-state index contributed by atoms with van der Waals surface area (Å²) in [5, 5.41) is 6.35. The summed E-state index contributed by atoms with van der Waals surface area (Å²) in [6.07, 6.45) is 0.257. The zero-order valence-electron chi connectivity index (χ0n) is 13.7. The Morgan fingerprint density at radius 1 is 1.24 bits per heavy atom. The number of hydrogen-bond acceptors (Lipinski definition) is 4. The van der Waals surface area contributed by atoms with E-state index < -0.39 is 0 Å². The molecule has 0 aliphatic carbocycles. The van der Waals surface area contributed by atoms with Crippen LogP contribution in [-0.2, 0) is 17.8 Å². The Kier molecular flexibility index (Phi) is 5.68. The van der Waals surface area contributed by atoms with Crippen LogP contribution in [0.15, 0.2) is 53.9 Å². The smallest absolute Gasteiger partial charge is 0.226 e. The van der Waals surface area contributed by atoms with Gasteiger partial charge in [-0.15, -0.1) is 11.3 Å². The van der Waals surface area contributed by atoms with Crippen LogP contribution in [0.25, 0.3) is 10.6 Å². The number of benzene rings is 2. The minimum absolute atomic E-state index is 0.0567. The van der Waals surface area contributed by atoms with Crippen molar-refractivity contribution < 1.29 is 9.53 Å². The molecule has 0 bridgehead atoms. The lowest BCUT2D eigenvalue weighted by Crippen LogP contribution is -2.24. The van der Waals surface area contributed by atoms with Crippen molar-refractivity contribution in [1.82, 2.24) is 10.3 Å². The number of nitrogens with one attached hydrogen (secondary N) is 1. The predicted molar refractivity (Wildman–Crippen MR) is 101 cm³/mol. The molecule has 0 saturated heterocycles. The number of halogens is 1. The van der Waals surface area contributed by atoms with Crippen LogP contribution in [0.2, 0.25) is 5.02 Å². The first-order chi connectivity index (χ1) is 12.1. The van der Waals surface area contributed by atoms with Gasteiger partial charge < -0.3 is 10.1 Å². The van der Waals surface area contributed by atoms with Gasteiger partial charge in [-0.25, -0.2) is 4.98 Å². The molecular weight excluding hydrogens is 356 g/mol. The topological polar surface area (TPSA) is 51.2 Å². The standard InChI is InChI=1S/C19H17ClN2O2S/c1-24-17-7-5-13(6-8-17)11-21-18(23)10-16-12-25-19(22-16)14-3-2-4-15(20)9-14/h2-9,12H,10-11H2,1H3,(H,21,23). The van der Waals surface area contributed by atoms with Gasteiger partial charge in [-0.3, -0.25) is 4.79 Å². The van der Waals surface area contributed by atoms with Crippen LogP contribution < -0.4 is 10.1 Å². The summed E-state index contributed by atoms with van der Waals surface area (Å²) in [6.45, 7) is 0.480. The molecule has 1 amide bonds. The van der Waals surface area contributed by atoms with Gasteiger partial charge in [0.15, 0.2) is 0 Å². The maximum absolute atomic E-state index is 12.1. The summed E-state index contributed by atoms with van der Waals surface area (Å²) in [6, 6.07) is 15.1. The van der Waals surface area contributed by atoms with Gasteiger partial charge in [0.2, 0.25) is 5.91 Å². The Morgan fingerprint density at radius 2 is 2.04 bits per heavy atom. The molecule has 128 valence electrons. The van der Waals surface area contributed by atoms with Crippen LogP contribution >= 0.6 is 22.9 Å². The minimum Gasteiger partial charge on any atom is -0.497 e. The molecule has 6 heteroatoms. The van der Waals surface area contributed by atoms with E-state index in [1.807, 2.05) is 53.9 Å². The molecule has 0 radical (unpaired) electrons. The van der Waals surface area contributed by atoms with E-state index in [1.54, 1.807) is 7.11 Å². The van der Waals surface area contributed by atoms with Crippen LogP contribution in [0, 0.1) is 0 Å². The van der Waals surface area contributed by atoms with E-state index in [9.17, 15) is 4.79 Å². The van der Waals surface area contributed by atoms with E-state index in [1.165, 1.54) is 11.3 Å².